The molecule has 0 spiro atoms. The Balaban J connectivity index is 2.09. The first-order chi connectivity index (χ1) is 8.61. The number of thioether (sulfide) groups is 1. The quantitative estimate of drug-likeness (QED) is 0.703. The van der Waals surface area contributed by atoms with E-state index in [0.717, 1.165) is 11.8 Å². The Kier molecular flexibility index (Phi) is 4.09. The number of benzene rings is 1. The predicted molar refractivity (Wildman–Crippen MR) is 66.1 cm³/mol. The number of rotatable bonds is 2. The van der Waals surface area contributed by atoms with Crippen LogP contribution in [0.4, 0.5) is 0 Å². The molecule has 5 nitrogen and oxygen atoms in total. The van der Waals surface area contributed by atoms with Gasteiger partial charge in [-0.1, -0.05) is 0 Å². The maximum absolute atomic E-state index is 9.77. The maximum atomic E-state index is 9.77. The standard InChI is InChI=1S/C12H13NO4S/c13-5-7-1-3-8(4-2-7)17-11-10(15)9(14)6-18-12(11)16/h1-4,9-12,14-16H,6H2/t9-,10+,11-,12-/m1/s1. The van der Waals surface area contributed by atoms with Gasteiger partial charge in [-0.15, -0.1) is 11.8 Å². The second-order valence-electron chi connectivity index (χ2n) is 4.00. The van der Waals surface area contributed by atoms with Crippen LogP contribution < -0.4 is 4.74 Å². The molecular weight excluding hydrogens is 254 g/mol. The summed E-state index contributed by atoms with van der Waals surface area (Å²) in [5.41, 5.74) is -0.388. The summed E-state index contributed by atoms with van der Waals surface area (Å²) in [6.07, 6.45) is -2.93. The van der Waals surface area contributed by atoms with Crippen LogP contribution in [0.5, 0.6) is 5.75 Å². The van der Waals surface area contributed by atoms with Gasteiger partial charge in [0, 0.05) is 5.75 Å². The molecule has 0 bridgehead atoms. The molecule has 1 heterocycles. The first-order valence-corrected chi connectivity index (χ1v) is 6.49. The number of nitriles is 1. The summed E-state index contributed by atoms with van der Waals surface area (Å²) in [5.74, 6) is 0.710. The molecule has 1 saturated heterocycles. The third-order valence-electron chi connectivity index (χ3n) is 2.71. The minimum Gasteiger partial charge on any atom is -0.484 e. The summed E-state index contributed by atoms with van der Waals surface area (Å²) in [4.78, 5) is 0. The van der Waals surface area contributed by atoms with Gasteiger partial charge < -0.3 is 20.1 Å². The monoisotopic (exact) mass is 267 g/mol. The largest absolute Gasteiger partial charge is 0.484 e. The van der Waals surface area contributed by atoms with Gasteiger partial charge in [0.05, 0.1) is 17.7 Å². The van der Waals surface area contributed by atoms with E-state index in [4.69, 9.17) is 10.00 Å². The van der Waals surface area contributed by atoms with Gasteiger partial charge in [-0.2, -0.15) is 5.26 Å². The van der Waals surface area contributed by atoms with Crippen molar-refractivity contribution in [1.82, 2.24) is 0 Å². The van der Waals surface area contributed by atoms with Crippen LogP contribution in [0.15, 0.2) is 24.3 Å². The number of aliphatic hydroxyl groups excluding tert-OH is 3. The van der Waals surface area contributed by atoms with Crippen molar-refractivity contribution < 1.29 is 20.1 Å². The fourth-order valence-corrected chi connectivity index (χ4v) is 2.67. The molecule has 3 N–H and O–H groups in total. The zero-order valence-corrected chi connectivity index (χ0v) is 10.2. The number of hydrogen-bond donors (Lipinski definition) is 3. The molecule has 1 aliphatic heterocycles. The van der Waals surface area contributed by atoms with Gasteiger partial charge in [0.25, 0.3) is 0 Å². The van der Waals surface area contributed by atoms with Crippen molar-refractivity contribution in [3.63, 3.8) is 0 Å². The molecular formula is C12H13NO4S. The minimum atomic E-state index is -1.13. The van der Waals surface area contributed by atoms with E-state index in [2.05, 4.69) is 0 Å². The van der Waals surface area contributed by atoms with Crippen LogP contribution in [-0.2, 0) is 0 Å². The van der Waals surface area contributed by atoms with Crippen molar-refractivity contribution in [3.8, 4) is 11.8 Å². The highest BCUT2D eigenvalue weighted by Gasteiger charge is 2.39. The molecule has 96 valence electrons. The Morgan fingerprint density at radius 2 is 1.89 bits per heavy atom. The molecule has 2 rings (SSSR count). The zero-order valence-electron chi connectivity index (χ0n) is 9.43. The van der Waals surface area contributed by atoms with Gasteiger partial charge in [0.15, 0.2) is 6.10 Å². The lowest BCUT2D eigenvalue weighted by atomic mass is 10.1. The van der Waals surface area contributed by atoms with Gasteiger partial charge in [-0.25, -0.2) is 0 Å². The highest BCUT2D eigenvalue weighted by molar-refractivity contribution is 7.99. The van der Waals surface area contributed by atoms with Crippen LogP contribution in [0.25, 0.3) is 0 Å². The Morgan fingerprint density at radius 1 is 1.22 bits per heavy atom. The maximum Gasteiger partial charge on any atom is 0.162 e. The average Bonchev–Trinajstić information content (AvgIpc) is 2.40. The summed E-state index contributed by atoms with van der Waals surface area (Å²) < 4.78 is 5.46. The first-order valence-electron chi connectivity index (χ1n) is 5.44. The van der Waals surface area contributed by atoms with Crippen molar-refractivity contribution in [2.75, 3.05) is 5.75 Å². The van der Waals surface area contributed by atoms with Crippen LogP contribution in [-0.4, -0.2) is 44.8 Å². The molecule has 0 aliphatic carbocycles. The van der Waals surface area contributed by atoms with Gasteiger partial charge in [0.1, 0.15) is 17.3 Å². The van der Waals surface area contributed by atoms with Gasteiger partial charge in [-0.3, -0.25) is 0 Å². The van der Waals surface area contributed by atoms with E-state index in [1.807, 2.05) is 6.07 Å². The van der Waals surface area contributed by atoms with Crippen LogP contribution in [0.3, 0.4) is 0 Å². The Bertz CT molecular complexity index is 444. The molecule has 1 aromatic carbocycles. The molecule has 6 heteroatoms. The summed E-state index contributed by atoms with van der Waals surface area (Å²) in [6.45, 7) is 0. The van der Waals surface area contributed by atoms with Gasteiger partial charge >= 0.3 is 0 Å². The van der Waals surface area contributed by atoms with Crippen LogP contribution in [0, 0.1) is 11.3 Å². The van der Waals surface area contributed by atoms with E-state index in [1.54, 1.807) is 24.3 Å². The Morgan fingerprint density at radius 3 is 2.50 bits per heavy atom. The van der Waals surface area contributed by atoms with Crippen LogP contribution >= 0.6 is 11.8 Å². The molecule has 0 radical (unpaired) electrons. The van der Waals surface area contributed by atoms with Crippen molar-refractivity contribution in [3.05, 3.63) is 29.8 Å². The lowest BCUT2D eigenvalue weighted by Gasteiger charge is -2.35. The average molecular weight is 267 g/mol. The summed E-state index contributed by atoms with van der Waals surface area (Å²) >= 11 is 1.13. The molecule has 18 heavy (non-hydrogen) atoms. The topological polar surface area (TPSA) is 93.7 Å². The first kappa shape index (κ1) is 13.2. The number of nitrogens with zero attached hydrogens (tertiary/aromatic N) is 1. The second-order valence-corrected chi connectivity index (χ2v) is 5.15. The molecule has 4 atom stereocenters. The number of hydrogen-bond acceptors (Lipinski definition) is 6. The lowest BCUT2D eigenvalue weighted by molar-refractivity contribution is -0.0721. The fraction of sp³-hybridized carbons (Fsp3) is 0.417. The van der Waals surface area contributed by atoms with Gasteiger partial charge in [0.2, 0.25) is 0 Å². The number of aliphatic hydroxyl groups is 3. The lowest BCUT2D eigenvalue weighted by Crippen LogP contribution is -2.51. The highest BCUT2D eigenvalue weighted by Crippen LogP contribution is 2.28. The summed E-state index contributed by atoms with van der Waals surface area (Å²) in [6, 6.07) is 8.33. The van der Waals surface area contributed by atoms with Crippen molar-refractivity contribution >= 4 is 11.8 Å². The SMILES string of the molecule is N#Cc1ccc(O[C@@H]2[C@@H](O)[C@H](O)CS[C@H]2O)cc1. The molecule has 0 unspecified atom stereocenters. The fourth-order valence-electron chi connectivity index (χ4n) is 1.67. The van der Waals surface area contributed by atoms with E-state index in [9.17, 15) is 15.3 Å². The smallest absolute Gasteiger partial charge is 0.162 e. The number of ether oxygens (including phenoxy) is 1. The van der Waals surface area contributed by atoms with Gasteiger partial charge in [-0.05, 0) is 24.3 Å². The van der Waals surface area contributed by atoms with E-state index >= 15 is 0 Å². The van der Waals surface area contributed by atoms with Crippen molar-refractivity contribution in [2.24, 2.45) is 0 Å². The molecule has 0 saturated carbocycles. The van der Waals surface area contributed by atoms with E-state index < -0.39 is 23.7 Å². The molecule has 0 aromatic heterocycles. The third kappa shape index (κ3) is 2.76. The molecule has 1 fully saturated rings. The summed E-state index contributed by atoms with van der Waals surface area (Å²) in [7, 11) is 0. The summed E-state index contributed by atoms with van der Waals surface area (Å²) in [5, 5.41) is 37.7. The highest BCUT2D eigenvalue weighted by atomic mass is 32.2. The molecule has 1 aliphatic rings. The van der Waals surface area contributed by atoms with Crippen molar-refractivity contribution in [2.45, 2.75) is 23.7 Å². The normalized spacial score (nSPS) is 31.7. The molecule has 1 aromatic rings. The third-order valence-corrected chi connectivity index (χ3v) is 3.85. The van der Waals surface area contributed by atoms with E-state index in [-0.39, 0.29) is 5.75 Å². The predicted octanol–water partition coefficient (Wildman–Crippen LogP) is 0.0927. The molecule has 0 amide bonds. The Hall–Kier alpha value is -1.26. The Labute approximate surface area is 109 Å². The van der Waals surface area contributed by atoms with Crippen molar-refractivity contribution in [1.29, 1.82) is 5.26 Å². The van der Waals surface area contributed by atoms with Crippen LogP contribution in [0.1, 0.15) is 5.56 Å². The minimum absolute atomic E-state index is 0.273. The zero-order chi connectivity index (χ0) is 13.1. The second kappa shape index (κ2) is 5.59. The van der Waals surface area contributed by atoms with E-state index in [1.165, 1.54) is 0 Å². The van der Waals surface area contributed by atoms with E-state index in [0.29, 0.717) is 11.3 Å². The van der Waals surface area contributed by atoms with Crippen LogP contribution in [0.2, 0.25) is 0 Å².